The number of fused-ring (bicyclic) bond motifs is 1. The van der Waals surface area contributed by atoms with E-state index < -0.39 is 0 Å². The van der Waals surface area contributed by atoms with Gasteiger partial charge in [0.15, 0.2) is 0 Å². The molecule has 2 rings (SSSR count). The topological polar surface area (TPSA) is 29.3 Å². The van der Waals surface area contributed by atoms with Crippen LogP contribution in [-0.4, -0.2) is 18.0 Å². The predicted molar refractivity (Wildman–Crippen MR) is 85.6 cm³/mol. The summed E-state index contributed by atoms with van der Waals surface area (Å²) in [7, 11) is 0. The highest BCUT2D eigenvalue weighted by Gasteiger charge is 2.13. The third kappa shape index (κ3) is 3.35. The van der Waals surface area contributed by atoms with Crippen LogP contribution in [0.4, 0.5) is 0 Å². The van der Waals surface area contributed by atoms with Gasteiger partial charge in [-0.25, -0.2) is 0 Å². The van der Waals surface area contributed by atoms with Crippen LogP contribution in [0.2, 0.25) is 0 Å². The van der Waals surface area contributed by atoms with E-state index in [4.69, 9.17) is 5.73 Å². The van der Waals surface area contributed by atoms with Crippen molar-refractivity contribution in [3.8, 4) is 0 Å². The van der Waals surface area contributed by atoms with Crippen molar-refractivity contribution >= 4 is 21.4 Å². The zero-order valence-electron chi connectivity index (χ0n) is 12.0. The standard InChI is InChI=1S/C16H24N2S/c1-3-5-10-18(4-2)12-14-13-8-6-7-9-15(13)19-16(14)11-17/h6-9H,3-5,10-12,17H2,1-2H3. The minimum atomic E-state index is 0.653. The number of thiophene rings is 1. The molecule has 0 bridgehead atoms. The van der Waals surface area contributed by atoms with Crippen LogP contribution < -0.4 is 5.73 Å². The third-order valence-corrected chi connectivity index (χ3v) is 4.86. The first-order valence-corrected chi connectivity index (χ1v) is 8.03. The van der Waals surface area contributed by atoms with E-state index in [0.717, 1.165) is 13.1 Å². The number of hydrogen-bond donors (Lipinski definition) is 1. The highest BCUT2D eigenvalue weighted by Crippen LogP contribution is 2.31. The van der Waals surface area contributed by atoms with E-state index in [1.807, 2.05) is 11.3 Å². The van der Waals surface area contributed by atoms with Crippen LogP contribution in [-0.2, 0) is 13.1 Å². The van der Waals surface area contributed by atoms with E-state index in [1.54, 1.807) is 0 Å². The highest BCUT2D eigenvalue weighted by atomic mass is 32.1. The number of rotatable bonds is 7. The van der Waals surface area contributed by atoms with E-state index in [9.17, 15) is 0 Å². The van der Waals surface area contributed by atoms with Crippen LogP contribution in [0.25, 0.3) is 10.1 Å². The Labute approximate surface area is 120 Å². The molecule has 1 heterocycles. The van der Waals surface area contributed by atoms with Gasteiger partial charge < -0.3 is 5.73 Å². The molecule has 3 heteroatoms. The first-order chi connectivity index (χ1) is 9.30. The number of benzene rings is 1. The lowest BCUT2D eigenvalue weighted by molar-refractivity contribution is 0.276. The minimum absolute atomic E-state index is 0.653. The van der Waals surface area contributed by atoms with Gasteiger partial charge >= 0.3 is 0 Å². The maximum Gasteiger partial charge on any atom is 0.0349 e. The normalized spacial score (nSPS) is 11.6. The molecule has 0 saturated carbocycles. The summed E-state index contributed by atoms with van der Waals surface area (Å²) >= 11 is 1.85. The molecule has 0 fully saturated rings. The Bertz CT molecular complexity index is 518. The Kier molecular flexibility index (Phi) is 5.37. The summed E-state index contributed by atoms with van der Waals surface area (Å²) < 4.78 is 1.37. The zero-order chi connectivity index (χ0) is 13.7. The van der Waals surface area contributed by atoms with Crippen LogP contribution in [0.15, 0.2) is 24.3 Å². The molecule has 0 atom stereocenters. The van der Waals surface area contributed by atoms with Gasteiger partial charge in [0, 0.05) is 22.7 Å². The van der Waals surface area contributed by atoms with Crippen molar-refractivity contribution in [2.75, 3.05) is 13.1 Å². The summed E-state index contributed by atoms with van der Waals surface area (Å²) in [6.07, 6.45) is 2.53. The SMILES string of the molecule is CCCCN(CC)Cc1c(CN)sc2ccccc12. The van der Waals surface area contributed by atoms with Gasteiger partial charge in [0.1, 0.15) is 0 Å². The van der Waals surface area contributed by atoms with Crippen LogP contribution in [0.5, 0.6) is 0 Å². The molecular weight excluding hydrogens is 252 g/mol. The molecule has 19 heavy (non-hydrogen) atoms. The van der Waals surface area contributed by atoms with Crippen LogP contribution in [0.3, 0.4) is 0 Å². The molecule has 0 aliphatic carbocycles. The van der Waals surface area contributed by atoms with Gasteiger partial charge in [0.05, 0.1) is 0 Å². The highest BCUT2D eigenvalue weighted by molar-refractivity contribution is 7.19. The van der Waals surface area contributed by atoms with E-state index in [0.29, 0.717) is 6.54 Å². The first-order valence-electron chi connectivity index (χ1n) is 7.21. The molecule has 2 aromatic rings. The number of unbranched alkanes of at least 4 members (excludes halogenated alkanes) is 1. The maximum absolute atomic E-state index is 5.92. The summed E-state index contributed by atoms with van der Waals surface area (Å²) in [6.45, 7) is 8.47. The zero-order valence-corrected chi connectivity index (χ0v) is 12.8. The Morgan fingerprint density at radius 3 is 2.68 bits per heavy atom. The fourth-order valence-electron chi connectivity index (χ4n) is 2.44. The molecule has 1 aromatic carbocycles. The van der Waals surface area contributed by atoms with Crippen molar-refractivity contribution < 1.29 is 0 Å². The van der Waals surface area contributed by atoms with Gasteiger partial charge in [-0.2, -0.15) is 0 Å². The maximum atomic E-state index is 5.92. The van der Waals surface area contributed by atoms with E-state index in [-0.39, 0.29) is 0 Å². The molecule has 0 saturated heterocycles. The quantitative estimate of drug-likeness (QED) is 0.828. The fraction of sp³-hybridized carbons (Fsp3) is 0.500. The molecule has 0 radical (unpaired) electrons. The molecule has 2 nitrogen and oxygen atoms in total. The smallest absolute Gasteiger partial charge is 0.0349 e. The second kappa shape index (κ2) is 7.04. The molecule has 0 aliphatic heterocycles. The number of nitrogens with two attached hydrogens (primary N) is 1. The van der Waals surface area contributed by atoms with Gasteiger partial charge in [0.25, 0.3) is 0 Å². The summed E-state index contributed by atoms with van der Waals surface area (Å²) in [5, 5.41) is 1.39. The third-order valence-electron chi connectivity index (χ3n) is 3.62. The Hall–Kier alpha value is -0.900. The summed E-state index contributed by atoms with van der Waals surface area (Å²) in [5.41, 5.74) is 7.37. The molecular formula is C16H24N2S. The molecule has 0 aliphatic rings. The lowest BCUT2D eigenvalue weighted by atomic mass is 10.1. The van der Waals surface area contributed by atoms with Crippen molar-refractivity contribution in [2.24, 2.45) is 5.73 Å². The molecule has 2 N–H and O–H groups in total. The van der Waals surface area contributed by atoms with Gasteiger partial charge in [-0.3, -0.25) is 4.90 Å². The van der Waals surface area contributed by atoms with Crippen molar-refractivity contribution in [1.82, 2.24) is 4.90 Å². The van der Waals surface area contributed by atoms with Gasteiger partial charge in [-0.15, -0.1) is 11.3 Å². The molecule has 0 spiro atoms. The average molecular weight is 276 g/mol. The average Bonchev–Trinajstić information content (AvgIpc) is 2.81. The Morgan fingerprint density at radius 1 is 1.21 bits per heavy atom. The molecule has 0 unspecified atom stereocenters. The van der Waals surface area contributed by atoms with Gasteiger partial charge in [0.2, 0.25) is 0 Å². The van der Waals surface area contributed by atoms with Crippen molar-refractivity contribution in [3.63, 3.8) is 0 Å². The summed E-state index contributed by atoms with van der Waals surface area (Å²) in [4.78, 5) is 3.87. The molecule has 1 aromatic heterocycles. The van der Waals surface area contributed by atoms with E-state index >= 15 is 0 Å². The lowest BCUT2D eigenvalue weighted by Gasteiger charge is -2.20. The second-order valence-electron chi connectivity index (χ2n) is 4.93. The van der Waals surface area contributed by atoms with Crippen LogP contribution in [0, 0.1) is 0 Å². The Morgan fingerprint density at radius 2 is 2.00 bits per heavy atom. The predicted octanol–water partition coefficient (Wildman–Crippen LogP) is 3.98. The van der Waals surface area contributed by atoms with Crippen molar-refractivity contribution in [1.29, 1.82) is 0 Å². The Balaban J connectivity index is 2.26. The van der Waals surface area contributed by atoms with Gasteiger partial charge in [-0.1, -0.05) is 38.5 Å². The van der Waals surface area contributed by atoms with Crippen LogP contribution >= 0.6 is 11.3 Å². The van der Waals surface area contributed by atoms with E-state index in [1.165, 1.54) is 39.9 Å². The molecule has 104 valence electrons. The number of hydrogen-bond acceptors (Lipinski definition) is 3. The van der Waals surface area contributed by atoms with Crippen molar-refractivity contribution in [3.05, 3.63) is 34.7 Å². The summed E-state index contributed by atoms with van der Waals surface area (Å²) in [5.74, 6) is 0. The van der Waals surface area contributed by atoms with Crippen LogP contribution in [0.1, 0.15) is 37.1 Å². The molecule has 0 amide bonds. The van der Waals surface area contributed by atoms with Crippen molar-refractivity contribution in [2.45, 2.75) is 39.8 Å². The number of nitrogens with zero attached hydrogens (tertiary/aromatic N) is 1. The first kappa shape index (κ1) is 14.5. The monoisotopic (exact) mass is 276 g/mol. The lowest BCUT2D eigenvalue weighted by Crippen LogP contribution is -2.24. The largest absolute Gasteiger partial charge is 0.326 e. The van der Waals surface area contributed by atoms with Gasteiger partial charge in [-0.05, 0) is 36.5 Å². The minimum Gasteiger partial charge on any atom is -0.326 e. The fourth-order valence-corrected chi connectivity index (χ4v) is 3.54. The second-order valence-corrected chi connectivity index (χ2v) is 6.06. The van der Waals surface area contributed by atoms with E-state index in [2.05, 4.69) is 43.0 Å². The summed E-state index contributed by atoms with van der Waals surface area (Å²) in [6, 6.07) is 8.66.